The molecular formula is C17H34O. The smallest absolute Gasteiger partial charge is 0.0688 e. The summed E-state index contributed by atoms with van der Waals surface area (Å²) in [7, 11) is 0. The molecule has 0 amide bonds. The Morgan fingerprint density at radius 1 is 1.00 bits per heavy atom. The molecule has 0 heterocycles. The predicted octanol–water partition coefficient (Wildman–Crippen LogP) is 5.74. The number of hydrogen-bond acceptors (Lipinski definition) is 1. The van der Waals surface area contributed by atoms with Crippen molar-refractivity contribution in [3.05, 3.63) is 12.7 Å². The fraction of sp³-hybridized carbons (Fsp3) is 0.882. The first-order valence-corrected chi connectivity index (χ1v) is 7.85. The minimum Gasteiger partial charge on any atom is -0.375 e. The molecule has 0 aromatic heterocycles. The largest absolute Gasteiger partial charge is 0.375 e. The van der Waals surface area contributed by atoms with Gasteiger partial charge in [0, 0.05) is 12.5 Å². The summed E-state index contributed by atoms with van der Waals surface area (Å²) in [4.78, 5) is 0. The van der Waals surface area contributed by atoms with Gasteiger partial charge < -0.3 is 4.74 Å². The van der Waals surface area contributed by atoms with Crippen molar-refractivity contribution in [2.75, 3.05) is 6.61 Å². The lowest BCUT2D eigenvalue weighted by molar-refractivity contribution is -0.0490. The van der Waals surface area contributed by atoms with E-state index < -0.39 is 0 Å². The topological polar surface area (TPSA) is 9.23 Å². The third-order valence-electron chi connectivity index (χ3n) is 3.72. The fourth-order valence-electron chi connectivity index (χ4n) is 2.37. The zero-order valence-electron chi connectivity index (χ0n) is 13.1. The van der Waals surface area contributed by atoms with E-state index >= 15 is 0 Å². The lowest BCUT2D eigenvalue weighted by Gasteiger charge is -2.32. The van der Waals surface area contributed by atoms with Gasteiger partial charge in [-0.15, -0.1) is 6.58 Å². The fourth-order valence-corrected chi connectivity index (χ4v) is 2.37. The molecule has 0 fully saturated rings. The van der Waals surface area contributed by atoms with Gasteiger partial charge in [0.25, 0.3) is 0 Å². The first-order chi connectivity index (χ1) is 8.58. The second-order valence-electron chi connectivity index (χ2n) is 5.85. The van der Waals surface area contributed by atoms with Gasteiger partial charge in [-0.1, -0.05) is 58.4 Å². The number of ether oxygens (including phenoxy) is 1. The van der Waals surface area contributed by atoms with Crippen LogP contribution >= 0.6 is 0 Å². The highest BCUT2D eigenvalue weighted by Crippen LogP contribution is 2.27. The van der Waals surface area contributed by atoms with E-state index in [4.69, 9.17) is 4.74 Å². The van der Waals surface area contributed by atoms with Crippen LogP contribution in [0, 0.1) is 5.92 Å². The highest BCUT2D eigenvalue weighted by Gasteiger charge is 2.27. The second kappa shape index (κ2) is 10.6. The van der Waals surface area contributed by atoms with E-state index in [0.29, 0.717) is 5.92 Å². The van der Waals surface area contributed by atoms with Crippen molar-refractivity contribution < 1.29 is 4.74 Å². The summed E-state index contributed by atoms with van der Waals surface area (Å²) in [6.07, 6.45) is 12.5. The summed E-state index contributed by atoms with van der Waals surface area (Å²) in [6.45, 7) is 13.7. The molecule has 1 nitrogen and oxygen atoms in total. The van der Waals surface area contributed by atoms with Crippen LogP contribution in [0.15, 0.2) is 12.7 Å². The SMILES string of the molecule is C=CC(CCCCCCCC)C(C)(C)OCCC. The average molecular weight is 254 g/mol. The molecule has 0 aromatic carbocycles. The van der Waals surface area contributed by atoms with Gasteiger partial charge in [-0.05, 0) is 26.7 Å². The molecule has 0 radical (unpaired) electrons. The van der Waals surface area contributed by atoms with Crippen LogP contribution in [0.1, 0.15) is 79.1 Å². The Hall–Kier alpha value is -0.300. The van der Waals surface area contributed by atoms with Gasteiger partial charge in [-0.25, -0.2) is 0 Å². The molecule has 18 heavy (non-hydrogen) atoms. The number of unbranched alkanes of at least 4 members (excludes halogenated alkanes) is 5. The normalized spacial score (nSPS) is 13.6. The molecule has 0 saturated heterocycles. The Labute approximate surface area is 115 Å². The van der Waals surface area contributed by atoms with Gasteiger partial charge in [0.1, 0.15) is 0 Å². The molecule has 1 unspecified atom stereocenters. The van der Waals surface area contributed by atoms with Crippen LogP contribution in [0.25, 0.3) is 0 Å². The van der Waals surface area contributed by atoms with Gasteiger partial charge in [0.15, 0.2) is 0 Å². The molecule has 0 aliphatic rings. The van der Waals surface area contributed by atoms with Gasteiger partial charge in [-0.2, -0.15) is 0 Å². The Kier molecular flexibility index (Phi) is 10.4. The lowest BCUT2D eigenvalue weighted by atomic mass is 9.86. The quantitative estimate of drug-likeness (QED) is 0.318. The maximum absolute atomic E-state index is 5.96. The van der Waals surface area contributed by atoms with E-state index in [2.05, 4.69) is 40.3 Å². The van der Waals surface area contributed by atoms with Crippen molar-refractivity contribution in [3.8, 4) is 0 Å². The summed E-state index contributed by atoms with van der Waals surface area (Å²) < 4.78 is 5.96. The van der Waals surface area contributed by atoms with Crippen LogP contribution in [0.5, 0.6) is 0 Å². The molecule has 0 aliphatic heterocycles. The standard InChI is InChI=1S/C17H34O/c1-6-9-10-11-12-13-14-16(8-3)17(4,5)18-15-7-2/h8,16H,3,6-7,9-15H2,1-2,4-5H3. The van der Waals surface area contributed by atoms with E-state index in [1.807, 2.05) is 0 Å². The summed E-state index contributed by atoms with van der Waals surface area (Å²) in [5.41, 5.74) is -0.0544. The third-order valence-corrected chi connectivity index (χ3v) is 3.72. The van der Waals surface area contributed by atoms with Gasteiger partial charge in [-0.3, -0.25) is 0 Å². The Bertz CT molecular complexity index is 196. The van der Waals surface area contributed by atoms with E-state index in [9.17, 15) is 0 Å². The molecule has 0 rings (SSSR count). The molecule has 1 heteroatoms. The van der Waals surface area contributed by atoms with Crippen molar-refractivity contribution in [2.24, 2.45) is 5.92 Å². The van der Waals surface area contributed by atoms with Crippen LogP contribution in [-0.4, -0.2) is 12.2 Å². The van der Waals surface area contributed by atoms with E-state index in [-0.39, 0.29) is 5.60 Å². The third kappa shape index (κ3) is 7.92. The van der Waals surface area contributed by atoms with E-state index in [0.717, 1.165) is 13.0 Å². The summed E-state index contributed by atoms with van der Waals surface area (Å²) in [5.74, 6) is 0.482. The maximum Gasteiger partial charge on any atom is 0.0688 e. The Morgan fingerprint density at radius 3 is 2.17 bits per heavy atom. The van der Waals surface area contributed by atoms with Crippen LogP contribution in [0.3, 0.4) is 0 Å². The van der Waals surface area contributed by atoms with Crippen LogP contribution < -0.4 is 0 Å². The maximum atomic E-state index is 5.96. The predicted molar refractivity (Wildman–Crippen MR) is 82.0 cm³/mol. The molecule has 0 bridgehead atoms. The summed E-state index contributed by atoms with van der Waals surface area (Å²) in [5, 5.41) is 0. The molecule has 0 aromatic rings. The highest BCUT2D eigenvalue weighted by molar-refractivity contribution is 4.91. The lowest BCUT2D eigenvalue weighted by Crippen LogP contribution is -2.33. The number of rotatable bonds is 12. The van der Waals surface area contributed by atoms with E-state index in [1.165, 1.54) is 44.9 Å². The van der Waals surface area contributed by atoms with Crippen LogP contribution in [-0.2, 0) is 4.74 Å². The van der Waals surface area contributed by atoms with Crippen LogP contribution in [0.4, 0.5) is 0 Å². The molecule has 1 atom stereocenters. The zero-order chi connectivity index (χ0) is 13.9. The Morgan fingerprint density at radius 2 is 1.61 bits per heavy atom. The first kappa shape index (κ1) is 17.7. The minimum absolute atomic E-state index is 0.0544. The van der Waals surface area contributed by atoms with Crippen molar-refractivity contribution >= 4 is 0 Å². The molecule has 0 N–H and O–H groups in total. The molecule has 0 saturated carbocycles. The summed E-state index contributed by atoms with van der Waals surface area (Å²) in [6, 6.07) is 0. The van der Waals surface area contributed by atoms with Crippen LogP contribution in [0.2, 0.25) is 0 Å². The minimum atomic E-state index is -0.0544. The zero-order valence-corrected chi connectivity index (χ0v) is 13.1. The van der Waals surface area contributed by atoms with Crippen molar-refractivity contribution in [2.45, 2.75) is 84.7 Å². The highest BCUT2D eigenvalue weighted by atomic mass is 16.5. The van der Waals surface area contributed by atoms with Gasteiger partial charge in [0.2, 0.25) is 0 Å². The molecule has 0 aliphatic carbocycles. The van der Waals surface area contributed by atoms with Gasteiger partial charge >= 0.3 is 0 Å². The van der Waals surface area contributed by atoms with Gasteiger partial charge in [0.05, 0.1) is 5.60 Å². The number of hydrogen-bond donors (Lipinski definition) is 0. The van der Waals surface area contributed by atoms with Crippen molar-refractivity contribution in [1.29, 1.82) is 0 Å². The van der Waals surface area contributed by atoms with Crippen molar-refractivity contribution in [3.63, 3.8) is 0 Å². The summed E-state index contributed by atoms with van der Waals surface area (Å²) >= 11 is 0. The molecular weight excluding hydrogens is 220 g/mol. The second-order valence-corrected chi connectivity index (χ2v) is 5.85. The molecule has 0 spiro atoms. The average Bonchev–Trinajstić information content (AvgIpc) is 2.35. The Balaban J connectivity index is 3.84. The van der Waals surface area contributed by atoms with E-state index in [1.54, 1.807) is 0 Å². The monoisotopic (exact) mass is 254 g/mol. The van der Waals surface area contributed by atoms with Crippen molar-refractivity contribution in [1.82, 2.24) is 0 Å². The first-order valence-electron chi connectivity index (χ1n) is 7.85. The molecule has 108 valence electrons.